The maximum absolute atomic E-state index is 3.74. The average molecular weight is 210 g/mol. The molecule has 0 radical (unpaired) electrons. The lowest BCUT2D eigenvalue weighted by Crippen LogP contribution is -2.33. The predicted molar refractivity (Wildman–Crippen MR) is 65.0 cm³/mol. The molecule has 1 aliphatic heterocycles. The van der Waals surface area contributed by atoms with Crippen LogP contribution < -0.4 is 5.32 Å². The first kappa shape index (κ1) is 11.4. The number of hydrogen-bond acceptors (Lipinski definition) is 2. The van der Waals surface area contributed by atoms with Gasteiger partial charge in [-0.25, -0.2) is 0 Å². The van der Waals surface area contributed by atoms with E-state index in [1.165, 1.54) is 26.1 Å². The first-order chi connectivity index (χ1) is 6.85. The quantitative estimate of drug-likeness (QED) is 0.766. The van der Waals surface area contributed by atoms with Crippen molar-refractivity contribution in [2.75, 3.05) is 26.7 Å². The van der Waals surface area contributed by atoms with Gasteiger partial charge in [-0.15, -0.1) is 0 Å². The van der Waals surface area contributed by atoms with Crippen LogP contribution in [0.4, 0.5) is 0 Å². The van der Waals surface area contributed by atoms with Crippen molar-refractivity contribution in [2.24, 2.45) is 16.7 Å². The molecule has 0 aromatic carbocycles. The zero-order chi connectivity index (χ0) is 11.3. The summed E-state index contributed by atoms with van der Waals surface area (Å²) in [7, 11) is 2.21. The highest BCUT2D eigenvalue weighted by molar-refractivity contribution is 5.13. The molecule has 2 rings (SSSR count). The molecule has 0 amide bonds. The summed E-state index contributed by atoms with van der Waals surface area (Å²) >= 11 is 0. The van der Waals surface area contributed by atoms with Gasteiger partial charge in [0.2, 0.25) is 0 Å². The van der Waals surface area contributed by atoms with E-state index in [4.69, 9.17) is 0 Å². The Labute approximate surface area is 94.4 Å². The second kappa shape index (κ2) is 3.46. The Balaban J connectivity index is 1.76. The molecule has 1 N–H and O–H groups in total. The van der Waals surface area contributed by atoms with E-state index in [0.29, 0.717) is 10.8 Å². The van der Waals surface area contributed by atoms with Gasteiger partial charge in [0, 0.05) is 12.6 Å². The first-order valence-corrected chi connectivity index (χ1v) is 6.27. The van der Waals surface area contributed by atoms with E-state index in [-0.39, 0.29) is 0 Å². The molecule has 0 spiro atoms. The van der Waals surface area contributed by atoms with Crippen LogP contribution in [0.25, 0.3) is 0 Å². The van der Waals surface area contributed by atoms with Gasteiger partial charge in [0.1, 0.15) is 0 Å². The molecule has 1 unspecified atom stereocenters. The summed E-state index contributed by atoms with van der Waals surface area (Å²) in [5.41, 5.74) is 1.06. The van der Waals surface area contributed by atoms with Gasteiger partial charge in [-0.3, -0.25) is 0 Å². The van der Waals surface area contributed by atoms with E-state index in [9.17, 15) is 0 Å². The summed E-state index contributed by atoms with van der Waals surface area (Å²) < 4.78 is 0. The van der Waals surface area contributed by atoms with Crippen LogP contribution in [0.3, 0.4) is 0 Å². The summed E-state index contributed by atoms with van der Waals surface area (Å²) in [4.78, 5) is 2.42. The van der Waals surface area contributed by atoms with E-state index in [2.05, 4.69) is 45.0 Å². The van der Waals surface area contributed by atoms with Gasteiger partial charge in [0.25, 0.3) is 0 Å². The molecule has 2 heteroatoms. The Morgan fingerprint density at radius 2 is 1.80 bits per heavy atom. The largest absolute Gasteiger partial charge is 0.312 e. The second-order valence-electron chi connectivity index (χ2n) is 6.65. The van der Waals surface area contributed by atoms with Crippen LogP contribution >= 0.6 is 0 Å². The number of nitrogens with one attached hydrogen (secondary N) is 1. The second-order valence-corrected chi connectivity index (χ2v) is 6.65. The van der Waals surface area contributed by atoms with Crippen LogP contribution in [-0.2, 0) is 0 Å². The molecule has 0 aromatic heterocycles. The Morgan fingerprint density at radius 3 is 2.20 bits per heavy atom. The molecular weight excluding hydrogens is 184 g/mol. The van der Waals surface area contributed by atoms with Crippen LogP contribution in [0.2, 0.25) is 0 Å². The van der Waals surface area contributed by atoms with Crippen molar-refractivity contribution >= 4 is 0 Å². The molecule has 2 aliphatic rings. The Bertz CT molecular complexity index is 231. The summed E-state index contributed by atoms with van der Waals surface area (Å²) in [5, 5.41) is 3.74. The number of nitrogens with zero attached hydrogens (tertiary/aromatic N) is 1. The molecule has 1 saturated heterocycles. The standard InChI is InChI=1S/C13H26N2/c1-12(2)11(13(12,3)4)8-14-10-6-7-15(5)9-10/h10-11,14H,6-9H2,1-5H3. The molecule has 2 nitrogen and oxygen atoms in total. The van der Waals surface area contributed by atoms with E-state index in [1.807, 2.05) is 0 Å². The van der Waals surface area contributed by atoms with Gasteiger partial charge in [-0.2, -0.15) is 0 Å². The molecule has 2 fully saturated rings. The number of rotatable bonds is 3. The number of likely N-dealkylation sites (tertiary alicyclic amines) is 1. The zero-order valence-corrected chi connectivity index (χ0v) is 10.9. The third-order valence-electron chi connectivity index (χ3n) is 5.32. The highest BCUT2D eigenvalue weighted by Crippen LogP contribution is 2.67. The third-order valence-corrected chi connectivity index (χ3v) is 5.32. The van der Waals surface area contributed by atoms with Crippen LogP contribution in [-0.4, -0.2) is 37.6 Å². The lowest BCUT2D eigenvalue weighted by Gasteiger charge is -2.13. The molecule has 88 valence electrons. The van der Waals surface area contributed by atoms with Crippen LogP contribution in [0.5, 0.6) is 0 Å². The minimum Gasteiger partial charge on any atom is -0.312 e. The average Bonchev–Trinajstić information content (AvgIpc) is 2.50. The van der Waals surface area contributed by atoms with Crippen molar-refractivity contribution in [3.05, 3.63) is 0 Å². The van der Waals surface area contributed by atoms with Crippen molar-refractivity contribution in [1.82, 2.24) is 10.2 Å². The van der Waals surface area contributed by atoms with Crippen LogP contribution in [0.15, 0.2) is 0 Å². The number of hydrogen-bond donors (Lipinski definition) is 1. The fraction of sp³-hybridized carbons (Fsp3) is 1.00. The minimum atomic E-state index is 0.532. The molecule has 1 aliphatic carbocycles. The maximum atomic E-state index is 3.74. The van der Waals surface area contributed by atoms with E-state index in [1.54, 1.807) is 0 Å². The van der Waals surface area contributed by atoms with Crippen molar-refractivity contribution in [2.45, 2.75) is 40.2 Å². The maximum Gasteiger partial charge on any atom is 0.0207 e. The smallest absolute Gasteiger partial charge is 0.0207 e. The van der Waals surface area contributed by atoms with E-state index >= 15 is 0 Å². The van der Waals surface area contributed by atoms with Gasteiger partial charge >= 0.3 is 0 Å². The topological polar surface area (TPSA) is 15.3 Å². The summed E-state index contributed by atoms with van der Waals surface area (Å²) in [5.74, 6) is 0.857. The van der Waals surface area contributed by atoms with Gasteiger partial charge in [-0.1, -0.05) is 27.7 Å². The van der Waals surface area contributed by atoms with Crippen molar-refractivity contribution in [3.8, 4) is 0 Å². The van der Waals surface area contributed by atoms with Crippen molar-refractivity contribution in [1.29, 1.82) is 0 Å². The number of likely N-dealkylation sites (N-methyl/N-ethyl adjacent to an activating group) is 1. The van der Waals surface area contributed by atoms with Gasteiger partial charge in [0.05, 0.1) is 0 Å². The van der Waals surface area contributed by atoms with Gasteiger partial charge < -0.3 is 10.2 Å². The Hall–Kier alpha value is -0.0800. The Kier molecular flexibility index (Phi) is 2.63. The fourth-order valence-electron chi connectivity index (χ4n) is 3.23. The highest BCUT2D eigenvalue weighted by Gasteiger charge is 2.63. The molecule has 15 heavy (non-hydrogen) atoms. The van der Waals surface area contributed by atoms with E-state index in [0.717, 1.165) is 12.0 Å². The normalized spacial score (nSPS) is 34.6. The molecular formula is C13H26N2. The monoisotopic (exact) mass is 210 g/mol. The van der Waals surface area contributed by atoms with Gasteiger partial charge in [0.15, 0.2) is 0 Å². The van der Waals surface area contributed by atoms with Gasteiger partial charge in [-0.05, 0) is 43.3 Å². The summed E-state index contributed by atoms with van der Waals surface area (Å²) in [6.07, 6.45) is 1.32. The fourth-order valence-corrected chi connectivity index (χ4v) is 3.23. The lowest BCUT2D eigenvalue weighted by molar-refractivity contribution is 0.391. The van der Waals surface area contributed by atoms with Crippen LogP contribution in [0.1, 0.15) is 34.1 Å². The molecule has 0 bridgehead atoms. The zero-order valence-electron chi connectivity index (χ0n) is 10.9. The molecule has 1 saturated carbocycles. The van der Waals surface area contributed by atoms with Crippen molar-refractivity contribution < 1.29 is 0 Å². The van der Waals surface area contributed by atoms with Crippen molar-refractivity contribution in [3.63, 3.8) is 0 Å². The Morgan fingerprint density at radius 1 is 1.20 bits per heavy atom. The summed E-state index contributed by atoms with van der Waals surface area (Å²) in [6.45, 7) is 13.3. The van der Waals surface area contributed by atoms with Crippen LogP contribution in [0, 0.1) is 16.7 Å². The summed E-state index contributed by atoms with van der Waals surface area (Å²) in [6, 6.07) is 0.738. The third kappa shape index (κ3) is 1.83. The van der Waals surface area contributed by atoms with E-state index < -0.39 is 0 Å². The minimum absolute atomic E-state index is 0.532. The molecule has 1 atom stereocenters. The molecule has 1 heterocycles. The molecule has 0 aromatic rings. The predicted octanol–water partition coefficient (Wildman–Crippen LogP) is 1.96. The SMILES string of the molecule is CN1CCC(NCC2C(C)(C)C2(C)C)C1. The highest BCUT2D eigenvalue weighted by atomic mass is 15.2. The first-order valence-electron chi connectivity index (χ1n) is 6.27. The lowest BCUT2D eigenvalue weighted by atomic mass is 10.0.